The fraction of sp³-hybridized carbons (Fsp3) is 0.0588. The molecular weight excluding hydrogens is 319 g/mol. The first-order valence-corrected chi connectivity index (χ1v) is 7.18. The van der Waals surface area contributed by atoms with Gasteiger partial charge in [-0.1, -0.05) is 41.9 Å². The first kappa shape index (κ1) is 16.7. The Morgan fingerprint density at radius 2 is 1.87 bits per heavy atom. The molecule has 0 aliphatic heterocycles. The molecule has 2 aromatic rings. The monoisotopic (exact) mass is 332 g/mol. The summed E-state index contributed by atoms with van der Waals surface area (Å²) in [4.78, 5) is 23.3. The topological polar surface area (TPSA) is 58.2 Å². The number of nitrogens with one attached hydrogen (secondary N) is 2. The molecule has 2 N–H and O–H groups in total. The third kappa shape index (κ3) is 5.56. The molecule has 4 nitrogen and oxygen atoms in total. The quantitative estimate of drug-likeness (QED) is 0.826. The Labute approximate surface area is 138 Å². The van der Waals surface area contributed by atoms with Gasteiger partial charge in [-0.3, -0.25) is 9.59 Å². The smallest absolute Gasteiger partial charge is 0.244 e. The maximum absolute atomic E-state index is 13.0. The molecule has 0 spiro atoms. The summed E-state index contributed by atoms with van der Waals surface area (Å²) >= 11 is 5.62. The highest BCUT2D eigenvalue weighted by Crippen LogP contribution is 2.19. The zero-order valence-corrected chi connectivity index (χ0v) is 12.8. The second-order valence-electron chi connectivity index (χ2n) is 4.64. The molecule has 0 saturated carbocycles. The molecule has 0 fully saturated rings. The van der Waals surface area contributed by atoms with Crippen LogP contribution >= 0.6 is 11.6 Å². The Balaban J connectivity index is 1.80. The van der Waals surface area contributed by atoms with E-state index in [2.05, 4.69) is 10.6 Å². The van der Waals surface area contributed by atoms with Gasteiger partial charge in [0.25, 0.3) is 0 Å². The second kappa shape index (κ2) is 8.10. The number of amides is 2. The minimum Gasteiger partial charge on any atom is -0.343 e. The van der Waals surface area contributed by atoms with Gasteiger partial charge in [-0.25, -0.2) is 4.39 Å². The van der Waals surface area contributed by atoms with Crippen LogP contribution in [0.4, 0.5) is 10.1 Å². The molecule has 23 heavy (non-hydrogen) atoms. The zero-order valence-electron chi connectivity index (χ0n) is 12.1. The average Bonchev–Trinajstić information content (AvgIpc) is 2.55. The summed E-state index contributed by atoms with van der Waals surface area (Å²) in [6.07, 6.45) is 2.99. The lowest BCUT2D eigenvalue weighted by Gasteiger charge is -2.06. The van der Waals surface area contributed by atoms with E-state index in [1.807, 2.05) is 30.3 Å². The molecule has 0 saturated heterocycles. The van der Waals surface area contributed by atoms with Crippen molar-refractivity contribution < 1.29 is 14.0 Å². The minimum atomic E-state index is -0.566. The number of rotatable bonds is 5. The molecule has 0 aliphatic rings. The summed E-state index contributed by atoms with van der Waals surface area (Å²) < 4.78 is 13.0. The number of hydrogen-bond donors (Lipinski definition) is 2. The van der Waals surface area contributed by atoms with E-state index in [1.165, 1.54) is 18.2 Å². The molecular formula is C17H14ClFN2O2. The summed E-state index contributed by atoms with van der Waals surface area (Å²) in [5.74, 6) is -1.39. The van der Waals surface area contributed by atoms with Crippen molar-refractivity contribution in [1.82, 2.24) is 5.32 Å². The maximum Gasteiger partial charge on any atom is 0.244 e. The molecule has 0 atom stereocenters. The van der Waals surface area contributed by atoms with Crippen molar-refractivity contribution in [1.29, 1.82) is 0 Å². The predicted molar refractivity (Wildman–Crippen MR) is 88.5 cm³/mol. The van der Waals surface area contributed by atoms with Gasteiger partial charge in [0.05, 0.1) is 11.6 Å². The lowest BCUT2D eigenvalue weighted by atomic mass is 10.2. The van der Waals surface area contributed by atoms with Gasteiger partial charge in [-0.05, 0) is 29.8 Å². The summed E-state index contributed by atoms with van der Waals surface area (Å²) in [7, 11) is 0. The fourth-order valence-electron chi connectivity index (χ4n) is 1.74. The first-order valence-electron chi connectivity index (χ1n) is 6.80. The van der Waals surface area contributed by atoms with Crippen molar-refractivity contribution in [3.63, 3.8) is 0 Å². The minimum absolute atomic E-state index is 0.0855. The molecule has 0 aromatic heterocycles. The van der Waals surface area contributed by atoms with Crippen LogP contribution in [0.1, 0.15) is 5.56 Å². The summed E-state index contributed by atoms with van der Waals surface area (Å²) in [5.41, 5.74) is 1.24. The van der Waals surface area contributed by atoms with Crippen molar-refractivity contribution >= 4 is 35.2 Å². The van der Waals surface area contributed by atoms with Crippen LogP contribution in [-0.2, 0) is 9.59 Å². The SMILES string of the molecule is O=C(/C=C/c1ccccc1)NCC(=O)Nc1ccc(F)c(Cl)c1. The van der Waals surface area contributed by atoms with Gasteiger partial charge >= 0.3 is 0 Å². The Morgan fingerprint density at radius 3 is 2.57 bits per heavy atom. The Hall–Kier alpha value is -2.66. The van der Waals surface area contributed by atoms with Crippen LogP contribution in [0.5, 0.6) is 0 Å². The van der Waals surface area contributed by atoms with Gasteiger partial charge in [-0.15, -0.1) is 0 Å². The molecule has 0 unspecified atom stereocenters. The van der Waals surface area contributed by atoms with E-state index in [4.69, 9.17) is 11.6 Å². The van der Waals surface area contributed by atoms with Crippen LogP contribution in [0.15, 0.2) is 54.6 Å². The predicted octanol–water partition coefficient (Wildman–Crippen LogP) is 3.25. The maximum atomic E-state index is 13.0. The van der Waals surface area contributed by atoms with E-state index in [1.54, 1.807) is 6.08 Å². The van der Waals surface area contributed by atoms with Gasteiger partial charge in [-0.2, -0.15) is 0 Å². The van der Waals surface area contributed by atoms with Gasteiger partial charge in [0.1, 0.15) is 5.82 Å². The highest BCUT2D eigenvalue weighted by molar-refractivity contribution is 6.31. The van der Waals surface area contributed by atoms with Crippen LogP contribution in [0.25, 0.3) is 6.08 Å². The van der Waals surface area contributed by atoms with E-state index in [0.717, 1.165) is 11.6 Å². The normalized spacial score (nSPS) is 10.5. The molecule has 0 heterocycles. The van der Waals surface area contributed by atoms with E-state index in [0.29, 0.717) is 5.69 Å². The number of carbonyl (C=O) groups is 2. The third-order valence-corrected chi connectivity index (χ3v) is 3.14. The summed E-state index contributed by atoms with van der Waals surface area (Å²) in [6.45, 7) is -0.201. The highest BCUT2D eigenvalue weighted by Gasteiger charge is 2.06. The molecule has 0 bridgehead atoms. The average molecular weight is 333 g/mol. The molecule has 2 amide bonds. The van der Waals surface area contributed by atoms with Crippen molar-refractivity contribution in [2.75, 3.05) is 11.9 Å². The molecule has 2 rings (SSSR count). The van der Waals surface area contributed by atoms with Crippen LogP contribution in [0.2, 0.25) is 5.02 Å². The Bertz CT molecular complexity index is 733. The zero-order chi connectivity index (χ0) is 16.7. The number of hydrogen-bond acceptors (Lipinski definition) is 2. The summed E-state index contributed by atoms with van der Waals surface area (Å²) in [6, 6.07) is 13.1. The molecule has 2 aromatic carbocycles. The van der Waals surface area contributed by atoms with Crippen LogP contribution < -0.4 is 10.6 Å². The standard InChI is InChI=1S/C17H14ClFN2O2/c18-14-10-13(7-8-15(14)19)21-17(23)11-20-16(22)9-6-12-4-2-1-3-5-12/h1-10H,11H2,(H,20,22)(H,21,23)/b9-6+. The van der Waals surface area contributed by atoms with E-state index >= 15 is 0 Å². The van der Waals surface area contributed by atoms with Crippen molar-refractivity contribution in [3.8, 4) is 0 Å². The highest BCUT2D eigenvalue weighted by atomic mass is 35.5. The van der Waals surface area contributed by atoms with E-state index < -0.39 is 11.7 Å². The number of carbonyl (C=O) groups excluding carboxylic acids is 2. The van der Waals surface area contributed by atoms with Crippen molar-refractivity contribution in [3.05, 3.63) is 71.0 Å². The lowest BCUT2D eigenvalue weighted by Crippen LogP contribution is -2.31. The number of benzene rings is 2. The largest absolute Gasteiger partial charge is 0.343 e. The molecule has 118 valence electrons. The third-order valence-electron chi connectivity index (χ3n) is 2.85. The van der Waals surface area contributed by atoms with E-state index in [9.17, 15) is 14.0 Å². The van der Waals surface area contributed by atoms with Gasteiger partial charge in [0, 0.05) is 11.8 Å². The molecule has 6 heteroatoms. The Kier molecular flexibility index (Phi) is 5.88. The number of anilines is 1. The summed E-state index contributed by atoms with van der Waals surface area (Å²) in [5, 5.41) is 4.88. The van der Waals surface area contributed by atoms with Crippen molar-refractivity contribution in [2.45, 2.75) is 0 Å². The van der Waals surface area contributed by atoms with Gasteiger partial charge < -0.3 is 10.6 Å². The van der Waals surface area contributed by atoms with Crippen LogP contribution in [0, 0.1) is 5.82 Å². The number of halogens is 2. The van der Waals surface area contributed by atoms with Crippen LogP contribution in [-0.4, -0.2) is 18.4 Å². The van der Waals surface area contributed by atoms with Gasteiger partial charge in [0.2, 0.25) is 11.8 Å². The first-order chi connectivity index (χ1) is 11.0. The van der Waals surface area contributed by atoms with Crippen LogP contribution in [0.3, 0.4) is 0 Å². The van der Waals surface area contributed by atoms with Crippen molar-refractivity contribution in [2.24, 2.45) is 0 Å². The van der Waals surface area contributed by atoms with E-state index in [-0.39, 0.29) is 17.5 Å². The molecule has 0 aliphatic carbocycles. The second-order valence-corrected chi connectivity index (χ2v) is 5.05. The molecule has 0 radical (unpaired) electrons. The Morgan fingerprint density at radius 1 is 1.13 bits per heavy atom. The fourth-order valence-corrected chi connectivity index (χ4v) is 1.92. The van der Waals surface area contributed by atoms with Gasteiger partial charge in [0.15, 0.2) is 0 Å². The lowest BCUT2D eigenvalue weighted by molar-refractivity contribution is -0.121.